The van der Waals surface area contributed by atoms with Gasteiger partial charge in [0, 0.05) is 23.4 Å². The van der Waals surface area contributed by atoms with Crippen LogP contribution in [0.4, 0.5) is 10.3 Å². The second kappa shape index (κ2) is 4.92. The Bertz CT molecular complexity index is 609. The van der Waals surface area contributed by atoms with Gasteiger partial charge in [0.15, 0.2) is 11.6 Å². The highest BCUT2D eigenvalue weighted by molar-refractivity contribution is 7.99. The third-order valence-corrected chi connectivity index (χ3v) is 4.38. The Morgan fingerprint density at radius 3 is 2.74 bits per heavy atom. The Labute approximate surface area is 116 Å². The highest BCUT2D eigenvalue weighted by atomic mass is 32.2. The molecule has 0 bridgehead atoms. The highest BCUT2D eigenvalue weighted by Gasteiger charge is 2.21. The van der Waals surface area contributed by atoms with E-state index in [9.17, 15) is 4.39 Å². The molecule has 1 aromatic heterocycles. The summed E-state index contributed by atoms with van der Waals surface area (Å²) in [6.07, 6.45) is 2.05. The maximum absolute atomic E-state index is 13.6. The first-order valence-corrected chi connectivity index (χ1v) is 7.15. The zero-order valence-corrected chi connectivity index (χ0v) is 12.3. The van der Waals surface area contributed by atoms with E-state index in [1.54, 1.807) is 17.8 Å². The molecule has 0 spiro atoms. The molecule has 104 valence electrons. The molecule has 0 unspecified atom stereocenters. The molecule has 2 N–H and O–H groups in total. The van der Waals surface area contributed by atoms with Gasteiger partial charge in [-0.1, -0.05) is 0 Å². The van der Waals surface area contributed by atoms with Crippen LogP contribution < -0.4 is 10.5 Å². The monoisotopic (exact) mass is 283 g/mol. The van der Waals surface area contributed by atoms with Crippen molar-refractivity contribution in [1.82, 2.24) is 9.55 Å². The highest BCUT2D eigenvalue weighted by Crippen LogP contribution is 2.30. The first kappa shape index (κ1) is 14.0. The summed E-state index contributed by atoms with van der Waals surface area (Å²) in [4.78, 5) is 4.20. The number of anilines is 1. The quantitative estimate of drug-likeness (QED) is 0.937. The van der Waals surface area contributed by atoms with Crippen LogP contribution in [0.15, 0.2) is 12.1 Å². The van der Waals surface area contributed by atoms with Crippen LogP contribution in [0.25, 0.3) is 11.0 Å². The van der Waals surface area contributed by atoms with Gasteiger partial charge in [-0.2, -0.15) is 11.8 Å². The lowest BCUT2D eigenvalue weighted by atomic mass is 10.2. The topological polar surface area (TPSA) is 53.1 Å². The predicted octanol–water partition coefficient (Wildman–Crippen LogP) is 2.91. The van der Waals surface area contributed by atoms with Gasteiger partial charge in [0.05, 0.1) is 18.1 Å². The number of fused-ring (bicyclic) bond motifs is 1. The third kappa shape index (κ3) is 2.63. The molecule has 0 atom stereocenters. The number of hydrogen-bond donors (Lipinski definition) is 1. The number of aromatic nitrogens is 2. The molecule has 0 aliphatic rings. The number of thioether (sulfide) groups is 1. The number of halogens is 1. The summed E-state index contributed by atoms with van der Waals surface area (Å²) in [6.45, 7) is 4.96. The fourth-order valence-electron chi connectivity index (χ4n) is 1.91. The number of nitrogens with zero attached hydrogens (tertiary/aromatic N) is 2. The van der Waals surface area contributed by atoms with Crippen molar-refractivity contribution in [2.45, 2.75) is 25.1 Å². The minimum atomic E-state index is -0.427. The Hall–Kier alpha value is -1.43. The maximum atomic E-state index is 13.6. The van der Waals surface area contributed by atoms with Crippen molar-refractivity contribution in [3.8, 4) is 5.75 Å². The van der Waals surface area contributed by atoms with Gasteiger partial charge in [0.1, 0.15) is 0 Å². The molecular formula is C13H18FN3OS. The normalized spacial score (nSPS) is 12.1. The van der Waals surface area contributed by atoms with E-state index < -0.39 is 5.82 Å². The Morgan fingerprint density at radius 2 is 2.16 bits per heavy atom. The minimum Gasteiger partial charge on any atom is -0.494 e. The molecule has 6 heteroatoms. The number of nitrogen functional groups attached to an aromatic ring is 1. The van der Waals surface area contributed by atoms with E-state index in [4.69, 9.17) is 10.5 Å². The van der Waals surface area contributed by atoms with Crippen molar-refractivity contribution in [1.29, 1.82) is 0 Å². The Kier molecular flexibility index (Phi) is 3.62. The predicted molar refractivity (Wildman–Crippen MR) is 78.2 cm³/mol. The van der Waals surface area contributed by atoms with E-state index in [1.807, 2.05) is 4.57 Å². The molecule has 0 amide bonds. The number of imidazole rings is 1. The second-order valence-corrected chi connectivity index (χ2v) is 6.51. The van der Waals surface area contributed by atoms with Crippen molar-refractivity contribution >= 4 is 28.7 Å². The van der Waals surface area contributed by atoms with Crippen molar-refractivity contribution in [3.05, 3.63) is 17.9 Å². The van der Waals surface area contributed by atoms with Gasteiger partial charge < -0.3 is 15.0 Å². The maximum Gasteiger partial charge on any atom is 0.201 e. The second-order valence-electron chi connectivity index (χ2n) is 5.00. The van der Waals surface area contributed by atoms with E-state index in [0.29, 0.717) is 18.0 Å². The molecule has 0 radical (unpaired) electrons. The van der Waals surface area contributed by atoms with Crippen LogP contribution in [-0.2, 0) is 6.54 Å². The molecule has 0 fully saturated rings. The van der Waals surface area contributed by atoms with E-state index in [2.05, 4.69) is 25.1 Å². The first-order valence-electron chi connectivity index (χ1n) is 5.92. The van der Waals surface area contributed by atoms with Crippen LogP contribution in [0.2, 0.25) is 0 Å². The SMILES string of the molecule is COc1cc2c(cc1F)nc(N)n2CC(C)(C)SC. The zero-order chi connectivity index (χ0) is 14.2. The van der Waals surface area contributed by atoms with Gasteiger partial charge in [-0.05, 0) is 20.1 Å². The molecule has 1 heterocycles. The fourth-order valence-corrected chi connectivity index (χ4v) is 2.17. The molecule has 0 saturated heterocycles. The number of methoxy groups -OCH3 is 1. The molecule has 2 rings (SSSR count). The van der Waals surface area contributed by atoms with Crippen LogP contribution >= 0.6 is 11.8 Å². The van der Waals surface area contributed by atoms with Gasteiger partial charge in [-0.15, -0.1) is 0 Å². The molecule has 0 saturated carbocycles. The van der Waals surface area contributed by atoms with E-state index in [-0.39, 0.29) is 10.5 Å². The molecule has 2 aromatic rings. The van der Waals surface area contributed by atoms with Gasteiger partial charge in [-0.3, -0.25) is 0 Å². The molecule has 19 heavy (non-hydrogen) atoms. The lowest BCUT2D eigenvalue weighted by Gasteiger charge is -2.23. The van der Waals surface area contributed by atoms with Crippen LogP contribution in [0.5, 0.6) is 5.75 Å². The summed E-state index contributed by atoms with van der Waals surface area (Å²) in [5.41, 5.74) is 7.27. The number of nitrogens with two attached hydrogens (primary N) is 1. The number of ether oxygens (including phenoxy) is 1. The largest absolute Gasteiger partial charge is 0.494 e. The minimum absolute atomic E-state index is 0.0172. The van der Waals surface area contributed by atoms with Crippen LogP contribution in [-0.4, -0.2) is 27.7 Å². The number of hydrogen-bond acceptors (Lipinski definition) is 4. The van der Waals surface area contributed by atoms with Gasteiger partial charge in [-0.25, -0.2) is 9.37 Å². The summed E-state index contributed by atoms with van der Waals surface area (Å²) in [7, 11) is 1.44. The standard InChI is InChI=1S/C13H18FN3OS/c1-13(2,19-4)7-17-10-6-11(18-3)8(14)5-9(10)16-12(17)15/h5-6H,7H2,1-4H3,(H2,15,16). The molecule has 0 aliphatic heterocycles. The number of benzene rings is 1. The summed E-state index contributed by atoms with van der Waals surface area (Å²) < 4.78 is 20.6. The van der Waals surface area contributed by atoms with Crippen molar-refractivity contribution in [2.24, 2.45) is 0 Å². The van der Waals surface area contributed by atoms with Crippen LogP contribution in [0, 0.1) is 5.82 Å². The van der Waals surface area contributed by atoms with Gasteiger partial charge >= 0.3 is 0 Å². The lowest BCUT2D eigenvalue weighted by molar-refractivity contribution is 0.387. The average molecular weight is 283 g/mol. The Balaban J connectivity index is 2.57. The fraction of sp³-hybridized carbons (Fsp3) is 0.462. The average Bonchev–Trinajstić information content (AvgIpc) is 2.64. The van der Waals surface area contributed by atoms with Crippen molar-refractivity contribution in [2.75, 3.05) is 19.1 Å². The van der Waals surface area contributed by atoms with E-state index in [0.717, 1.165) is 5.52 Å². The van der Waals surface area contributed by atoms with Gasteiger partial charge in [0.25, 0.3) is 0 Å². The van der Waals surface area contributed by atoms with Gasteiger partial charge in [0.2, 0.25) is 5.95 Å². The summed E-state index contributed by atoms with van der Waals surface area (Å²) >= 11 is 1.75. The summed E-state index contributed by atoms with van der Waals surface area (Å²) in [5, 5.41) is 0. The molecule has 4 nitrogen and oxygen atoms in total. The lowest BCUT2D eigenvalue weighted by Crippen LogP contribution is -2.23. The summed E-state index contributed by atoms with van der Waals surface area (Å²) in [6, 6.07) is 3.00. The molecule has 0 aliphatic carbocycles. The Morgan fingerprint density at radius 1 is 1.47 bits per heavy atom. The third-order valence-electron chi connectivity index (χ3n) is 3.14. The summed E-state index contributed by atoms with van der Waals surface area (Å²) in [5.74, 6) is 0.171. The van der Waals surface area contributed by atoms with Crippen LogP contribution in [0.3, 0.4) is 0 Å². The van der Waals surface area contributed by atoms with Crippen molar-refractivity contribution < 1.29 is 9.13 Å². The zero-order valence-electron chi connectivity index (χ0n) is 11.5. The van der Waals surface area contributed by atoms with E-state index in [1.165, 1.54) is 13.2 Å². The van der Waals surface area contributed by atoms with E-state index >= 15 is 0 Å². The van der Waals surface area contributed by atoms with Crippen molar-refractivity contribution in [3.63, 3.8) is 0 Å². The smallest absolute Gasteiger partial charge is 0.201 e. The van der Waals surface area contributed by atoms with Crippen LogP contribution in [0.1, 0.15) is 13.8 Å². The molecule has 1 aromatic carbocycles. The number of rotatable bonds is 4. The first-order chi connectivity index (χ1) is 8.88. The molecular weight excluding hydrogens is 265 g/mol.